The minimum Gasteiger partial charge on any atom is -0.419 e. The van der Waals surface area contributed by atoms with Crippen molar-refractivity contribution in [1.82, 2.24) is 10.2 Å². The van der Waals surface area contributed by atoms with E-state index < -0.39 is 0 Å². The number of aliphatic imine (C=N–C) groups is 1. The highest BCUT2D eigenvalue weighted by Gasteiger charge is 2.19. The van der Waals surface area contributed by atoms with Crippen molar-refractivity contribution >= 4 is 39.2 Å². The van der Waals surface area contributed by atoms with Crippen LogP contribution in [-0.4, -0.2) is 26.9 Å². The highest BCUT2D eigenvalue weighted by atomic mass is 32.2. The van der Waals surface area contributed by atoms with Crippen molar-refractivity contribution in [2.45, 2.75) is 12.2 Å². The van der Waals surface area contributed by atoms with Gasteiger partial charge in [0.05, 0.1) is 16.7 Å². The zero-order valence-corrected chi connectivity index (χ0v) is 12.1. The summed E-state index contributed by atoms with van der Waals surface area (Å²) >= 11 is 5.09. The third kappa shape index (κ3) is 2.62. The lowest BCUT2D eigenvalue weighted by molar-refractivity contribution is 0.511. The Labute approximate surface area is 117 Å². The van der Waals surface area contributed by atoms with Gasteiger partial charge in [0.25, 0.3) is 5.89 Å². The van der Waals surface area contributed by atoms with Crippen molar-refractivity contribution in [1.29, 1.82) is 0 Å². The summed E-state index contributed by atoms with van der Waals surface area (Å²) < 4.78 is 6.83. The van der Waals surface area contributed by atoms with Gasteiger partial charge in [-0.2, -0.15) is 0 Å². The van der Waals surface area contributed by atoms with E-state index in [1.54, 1.807) is 34.9 Å². The predicted octanol–water partition coefficient (Wildman–Crippen LogP) is 3.70. The predicted molar refractivity (Wildman–Crippen MR) is 78.4 cm³/mol. The number of hydrogen-bond donors (Lipinski definition) is 0. The van der Waals surface area contributed by atoms with Crippen LogP contribution >= 0.6 is 34.9 Å². The molecule has 3 rings (SSSR count). The van der Waals surface area contributed by atoms with Gasteiger partial charge in [-0.3, -0.25) is 4.99 Å². The number of hydrogen-bond acceptors (Lipinski definition) is 7. The zero-order valence-electron chi connectivity index (χ0n) is 9.70. The van der Waals surface area contributed by atoms with Gasteiger partial charge in [0.15, 0.2) is 0 Å². The molecule has 2 aromatic rings. The van der Waals surface area contributed by atoms with E-state index in [1.165, 1.54) is 0 Å². The fourth-order valence-electron chi connectivity index (χ4n) is 1.49. The molecule has 1 aliphatic rings. The average molecular weight is 297 g/mol. The van der Waals surface area contributed by atoms with E-state index in [9.17, 15) is 0 Å². The Morgan fingerprint density at radius 1 is 1.44 bits per heavy atom. The lowest BCUT2D eigenvalue weighted by Crippen LogP contribution is -1.92. The summed E-state index contributed by atoms with van der Waals surface area (Å²) in [5.41, 5.74) is 0. The smallest absolute Gasteiger partial charge is 0.257 e. The first-order valence-corrected chi connectivity index (χ1v) is 8.28. The molecule has 1 atom stereocenters. The summed E-state index contributed by atoms with van der Waals surface area (Å²) in [5.74, 6) is 2.35. The van der Waals surface area contributed by atoms with Gasteiger partial charge in [0.2, 0.25) is 5.89 Å². The van der Waals surface area contributed by atoms with Crippen molar-refractivity contribution in [2.75, 3.05) is 12.3 Å². The molecule has 18 heavy (non-hydrogen) atoms. The first kappa shape index (κ1) is 12.3. The third-order valence-corrected chi connectivity index (χ3v) is 5.50. The molecule has 1 aliphatic heterocycles. The van der Waals surface area contributed by atoms with Gasteiger partial charge in [-0.25, -0.2) is 0 Å². The van der Waals surface area contributed by atoms with Crippen LogP contribution in [0.2, 0.25) is 0 Å². The molecule has 0 unspecified atom stereocenters. The van der Waals surface area contributed by atoms with Gasteiger partial charge < -0.3 is 4.42 Å². The number of nitrogens with zero attached hydrogens (tertiary/aromatic N) is 3. The van der Waals surface area contributed by atoms with E-state index in [-0.39, 0.29) is 5.25 Å². The maximum atomic E-state index is 5.70. The molecule has 0 spiro atoms. The van der Waals surface area contributed by atoms with Crippen LogP contribution in [0.5, 0.6) is 0 Å². The van der Waals surface area contributed by atoms with Gasteiger partial charge >= 0.3 is 0 Å². The summed E-state index contributed by atoms with van der Waals surface area (Å²) in [6.45, 7) is 2.99. The molecule has 0 radical (unpaired) electrons. The summed E-state index contributed by atoms with van der Waals surface area (Å²) in [5, 5.41) is 10.4. The minimum absolute atomic E-state index is 0.149. The van der Waals surface area contributed by atoms with Crippen molar-refractivity contribution in [3.8, 4) is 10.8 Å². The van der Waals surface area contributed by atoms with E-state index in [0.717, 1.165) is 21.6 Å². The number of thiophene rings is 1. The molecule has 4 nitrogen and oxygen atoms in total. The largest absolute Gasteiger partial charge is 0.419 e. The summed E-state index contributed by atoms with van der Waals surface area (Å²) in [6, 6.07) is 3.96. The van der Waals surface area contributed by atoms with Crippen molar-refractivity contribution in [3.05, 3.63) is 23.4 Å². The Hall–Kier alpha value is -0.790. The fourth-order valence-corrected chi connectivity index (χ4v) is 4.29. The Balaban J connectivity index is 1.72. The van der Waals surface area contributed by atoms with Crippen LogP contribution in [-0.2, 0) is 0 Å². The Morgan fingerprint density at radius 3 is 3.11 bits per heavy atom. The molecular formula is C11H11N3OS3. The molecule has 0 amide bonds. The fraction of sp³-hybridized carbons (Fsp3) is 0.364. The van der Waals surface area contributed by atoms with E-state index in [0.29, 0.717) is 11.8 Å². The topological polar surface area (TPSA) is 51.3 Å². The van der Waals surface area contributed by atoms with Crippen LogP contribution in [0.3, 0.4) is 0 Å². The lowest BCUT2D eigenvalue weighted by atomic mass is 10.5. The first-order valence-electron chi connectivity index (χ1n) is 5.54. The molecule has 0 bridgehead atoms. The normalized spacial score (nSPS) is 16.8. The SMILES string of the molecule is C[C@@H](SC1=NCCS1)c1nnc(-c2cccs2)o1. The molecule has 3 heterocycles. The standard InChI is InChI=1S/C11H11N3OS3/c1-7(18-11-12-4-6-17-11)9-13-14-10(15-9)8-3-2-5-16-8/h2-3,5,7H,4,6H2,1H3/t7-/m1/s1. The Bertz CT molecular complexity index is 550. The van der Waals surface area contributed by atoms with Gasteiger partial charge in [-0.05, 0) is 18.4 Å². The molecule has 0 aliphatic carbocycles. The number of rotatable bonds is 3. The van der Waals surface area contributed by atoms with Gasteiger partial charge in [0, 0.05) is 5.75 Å². The summed E-state index contributed by atoms with van der Waals surface area (Å²) in [6.07, 6.45) is 0. The van der Waals surface area contributed by atoms with Crippen LogP contribution in [0, 0.1) is 0 Å². The molecule has 0 fully saturated rings. The first-order chi connectivity index (χ1) is 8.83. The summed E-state index contributed by atoms with van der Waals surface area (Å²) in [7, 11) is 0. The second-order valence-corrected chi connectivity index (χ2v) is 7.30. The average Bonchev–Trinajstić information content (AvgIpc) is 3.11. The maximum Gasteiger partial charge on any atom is 0.257 e. The molecule has 0 N–H and O–H groups in total. The van der Waals surface area contributed by atoms with Crippen LogP contribution in [0.15, 0.2) is 26.9 Å². The highest BCUT2D eigenvalue weighted by molar-refractivity contribution is 8.39. The monoisotopic (exact) mass is 297 g/mol. The van der Waals surface area contributed by atoms with E-state index in [2.05, 4.69) is 22.1 Å². The quantitative estimate of drug-likeness (QED) is 0.864. The van der Waals surface area contributed by atoms with Crippen LogP contribution in [0.1, 0.15) is 18.1 Å². The van der Waals surface area contributed by atoms with Crippen LogP contribution in [0.25, 0.3) is 10.8 Å². The highest BCUT2D eigenvalue weighted by Crippen LogP contribution is 2.35. The van der Waals surface area contributed by atoms with Crippen molar-refractivity contribution in [2.24, 2.45) is 4.99 Å². The second-order valence-electron chi connectivity index (χ2n) is 3.68. The maximum absolute atomic E-state index is 5.70. The van der Waals surface area contributed by atoms with Gasteiger partial charge in [-0.15, -0.1) is 21.5 Å². The van der Waals surface area contributed by atoms with E-state index >= 15 is 0 Å². The Morgan fingerprint density at radius 2 is 2.39 bits per heavy atom. The van der Waals surface area contributed by atoms with E-state index in [1.807, 2.05) is 17.5 Å². The van der Waals surface area contributed by atoms with Gasteiger partial charge in [0.1, 0.15) is 4.38 Å². The lowest BCUT2D eigenvalue weighted by Gasteiger charge is -2.04. The summed E-state index contributed by atoms with van der Waals surface area (Å²) in [4.78, 5) is 5.43. The third-order valence-electron chi connectivity index (χ3n) is 2.36. The van der Waals surface area contributed by atoms with Crippen molar-refractivity contribution in [3.63, 3.8) is 0 Å². The molecule has 0 saturated heterocycles. The molecule has 7 heteroatoms. The number of thioether (sulfide) groups is 2. The molecule has 2 aromatic heterocycles. The zero-order chi connectivity index (χ0) is 12.4. The number of aromatic nitrogens is 2. The van der Waals surface area contributed by atoms with Crippen LogP contribution in [0.4, 0.5) is 0 Å². The van der Waals surface area contributed by atoms with Crippen molar-refractivity contribution < 1.29 is 4.42 Å². The van der Waals surface area contributed by atoms with Gasteiger partial charge in [-0.1, -0.05) is 29.6 Å². The molecule has 0 aromatic carbocycles. The molecule has 0 saturated carbocycles. The second kappa shape index (κ2) is 5.46. The van der Waals surface area contributed by atoms with Crippen LogP contribution < -0.4 is 0 Å². The van der Waals surface area contributed by atoms with E-state index in [4.69, 9.17) is 4.42 Å². The molecular weight excluding hydrogens is 286 g/mol. The minimum atomic E-state index is 0.149. The molecule has 94 valence electrons. The Kier molecular flexibility index (Phi) is 3.72.